The molecule has 0 amide bonds. The number of rotatable bonds is 2. The van der Waals surface area contributed by atoms with Crippen molar-refractivity contribution in [3.63, 3.8) is 0 Å². The molecule has 5 nitrogen and oxygen atoms in total. The first kappa shape index (κ1) is 7.16. The number of nitrogens with zero attached hydrogens (tertiary/aromatic N) is 3. The molecule has 0 radical (unpaired) electrons. The molecule has 0 aromatic carbocycles. The second-order valence-electron chi connectivity index (χ2n) is 0.751. The zero-order valence-corrected chi connectivity index (χ0v) is 4.54. The predicted molar refractivity (Wildman–Crippen MR) is 27.2 cm³/mol. The summed E-state index contributed by atoms with van der Waals surface area (Å²) in [5, 5.41) is 3.57. The summed E-state index contributed by atoms with van der Waals surface area (Å²) in [4.78, 5) is 2.27. The highest BCUT2D eigenvalue weighted by Crippen LogP contribution is 1.77. The maximum absolute atomic E-state index is 9.60. The van der Waals surface area contributed by atoms with E-state index in [-0.39, 0.29) is 0 Å². The zero-order valence-electron chi connectivity index (χ0n) is 3.72. The lowest BCUT2D eigenvalue weighted by Crippen LogP contribution is -1.74. The third kappa shape index (κ3) is 5.16. The lowest BCUT2D eigenvalue weighted by molar-refractivity contribution is 0.546. The molecule has 0 aliphatic rings. The van der Waals surface area contributed by atoms with Gasteiger partial charge >= 0.3 is 0 Å². The van der Waals surface area contributed by atoms with Gasteiger partial charge in [-0.25, -0.2) is 0 Å². The van der Waals surface area contributed by atoms with Gasteiger partial charge in [0.1, 0.15) is 0 Å². The van der Waals surface area contributed by atoms with Crippen LogP contribution in [-0.2, 0) is 11.1 Å². The Morgan fingerprint density at radius 1 is 1.88 bits per heavy atom. The van der Waals surface area contributed by atoms with Crippen LogP contribution in [-0.4, -0.2) is 8.76 Å². The third-order valence-corrected chi connectivity index (χ3v) is 0.634. The molecule has 1 atom stereocenters. The van der Waals surface area contributed by atoms with Crippen molar-refractivity contribution in [1.29, 1.82) is 0 Å². The largest absolute Gasteiger partial charge is 0.769 e. The van der Waals surface area contributed by atoms with Gasteiger partial charge < -0.3 is 4.55 Å². The maximum atomic E-state index is 9.60. The molecule has 0 aromatic heterocycles. The lowest BCUT2D eigenvalue weighted by Gasteiger charge is -1.90. The predicted octanol–water partition coefficient (Wildman–Crippen LogP) is 0.647. The fraction of sp³-hybridized carbons (Fsp3) is 0. The Hall–Kier alpha value is -0.840. The van der Waals surface area contributed by atoms with Gasteiger partial charge in [-0.05, 0) is 22.0 Å². The van der Waals surface area contributed by atoms with E-state index >= 15 is 0 Å². The van der Waals surface area contributed by atoms with Crippen LogP contribution in [0, 0.1) is 0 Å². The third-order valence-electron chi connectivity index (χ3n) is 0.290. The summed E-state index contributed by atoms with van der Waals surface area (Å²) in [6.07, 6.45) is 0.850. The Bertz CT molecular complexity index is 155. The minimum absolute atomic E-state index is 0.750. The molecule has 0 aromatic rings. The van der Waals surface area contributed by atoms with Crippen molar-refractivity contribution < 1.29 is 8.76 Å². The van der Waals surface area contributed by atoms with E-state index in [4.69, 9.17) is 5.53 Å². The van der Waals surface area contributed by atoms with Crippen molar-refractivity contribution in [1.82, 2.24) is 0 Å². The van der Waals surface area contributed by atoms with Gasteiger partial charge in [0, 0.05) is 11.1 Å². The second-order valence-corrected chi connectivity index (χ2v) is 1.54. The summed E-state index contributed by atoms with van der Waals surface area (Å²) < 4.78 is 19.2. The van der Waals surface area contributed by atoms with Crippen LogP contribution in [0.3, 0.4) is 0 Å². The van der Waals surface area contributed by atoms with Gasteiger partial charge in [0.15, 0.2) is 0 Å². The van der Waals surface area contributed by atoms with Crippen LogP contribution in [0.4, 0.5) is 0 Å². The lowest BCUT2D eigenvalue weighted by atomic mass is 11.1. The first-order valence-corrected chi connectivity index (χ1v) is 2.70. The smallest absolute Gasteiger partial charge is 0.00861 e. The summed E-state index contributed by atoms with van der Waals surface area (Å²) in [6.45, 7) is 0. The standard InChI is InChI=1S/C2H3N3O2S/c3-5-4-1-2-8(6)7/h1-2H,(H,6,7)/p-1. The Kier molecular flexibility index (Phi) is 3.87. The Morgan fingerprint density at radius 2 is 2.50 bits per heavy atom. The van der Waals surface area contributed by atoms with E-state index in [1.165, 1.54) is 0 Å². The monoisotopic (exact) mass is 132 g/mol. The van der Waals surface area contributed by atoms with Crippen LogP contribution in [0.25, 0.3) is 10.4 Å². The summed E-state index contributed by atoms with van der Waals surface area (Å²) >= 11 is -2.26. The molecule has 0 N–H and O–H groups in total. The van der Waals surface area contributed by atoms with E-state index in [0.29, 0.717) is 0 Å². The molecule has 0 spiro atoms. The van der Waals surface area contributed by atoms with E-state index in [1.807, 2.05) is 0 Å². The van der Waals surface area contributed by atoms with Crippen LogP contribution >= 0.6 is 0 Å². The summed E-state index contributed by atoms with van der Waals surface area (Å²) in [5.41, 5.74) is 7.59. The molecule has 0 bridgehead atoms. The average Bonchev–Trinajstić information content (AvgIpc) is 1.66. The van der Waals surface area contributed by atoms with E-state index in [9.17, 15) is 8.76 Å². The molecule has 0 aliphatic heterocycles. The Morgan fingerprint density at radius 3 is 2.88 bits per heavy atom. The highest BCUT2D eigenvalue weighted by Gasteiger charge is 1.62. The number of hydrogen-bond donors (Lipinski definition) is 0. The molecular weight excluding hydrogens is 130 g/mol. The Labute approximate surface area is 47.9 Å². The van der Waals surface area contributed by atoms with Gasteiger partial charge in [0.25, 0.3) is 0 Å². The van der Waals surface area contributed by atoms with Crippen LogP contribution in [0.5, 0.6) is 0 Å². The van der Waals surface area contributed by atoms with Gasteiger partial charge in [-0.3, -0.25) is 4.21 Å². The van der Waals surface area contributed by atoms with Crippen molar-refractivity contribution in [2.24, 2.45) is 5.11 Å². The fourth-order valence-corrected chi connectivity index (χ4v) is 0.261. The molecule has 0 saturated carbocycles. The second kappa shape index (κ2) is 4.32. The van der Waals surface area contributed by atoms with Crippen LogP contribution in [0.15, 0.2) is 16.7 Å². The zero-order chi connectivity index (χ0) is 6.41. The van der Waals surface area contributed by atoms with E-state index in [0.717, 1.165) is 11.6 Å². The van der Waals surface area contributed by atoms with Gasteiger partial charge in [0.2, 0.25) is 0 Å². The number of hydrogen-bond acceptors (Lipinski definition) is 3. The number of azide groups is 1. The maximum Gasteiger partial charge on any atom is 0.00861 e. The molecule has 0 saturated heterocycles. The first-order valence-electron chi connectivity index (χ1n) is 1.56. The molecule has 0 aliphatic carbocycles. The molecule has 0 rings (SSSR count). The van der Waals surface area contributed by atoms with Crippen molar-refractivity contribution in [3.05, 3.63) is 22.1 Å². The topological polar surface area (TPSA) is 88.9 Å². The fourth-order valence-electron chi connectivity index (χ4n) is 0.107. The quantitative estimate of drug-likeness (QED) is 0.239. The van der Waals surface area contributed by atoms with Crippen LogP contribution in [0.1, 0.15) is 0 Å². The van der Waals surface area contributed by atoms with Gasteiger partial charge in [-0.2, -0.15) is 0 Å². The highest BCUT2D eigenvalue weighted by molar-refractivity contribution is 7.82. The van der Waals surface area contributed by atoms with Crippen molar-refractivity contribution in [2.45, 2.75) is 0 Å². The SMILES string of the molecule is [N-]=[N+]=NC=CS(=O)[O-]. The molecule has 44 valence electrons. The summed E-state index contributed by atoms with van der Waals surface area (Å²) in [6, 6.07) is 0. The molecule has 8 heavy (non-hydrogen) atoms. The summed E-state index contributed by atoms with van der Waals surface area (Å²) in [5.74, 6) is 0. The van der Waals surface area contributed by atoms with Crippen molar-refractivity contribution >= 4 is 11.1 Å². The normalized spacial score (nSPS) is 13.1. The van der Waals surface area contributed by atoms with Gasteiger partial charge in [-0.1, -0.05) is 5.11 Å². The molecular formula is C2H2N3O2S-. The van der Waals surface area contributed by atoms with E-state index in [2.05, 4.69) is 10.0 Å². The van der Waals surface area contributed by atoms with Crippen molar-refractivity contribution in [3.8, 4) is 0 Å². The molecule has 0 fully saturated rings. The minimum Gasteiger partial charge on any atom is -0.769 e. The first-order chi connectivity index (χ1) is 3.77. The highest BCUT2D eigenvalue weighted by atomic mass is 32.2. The molecule has 6 heteroatoms. The molecule has 1 unspecified atom stereocenters. The minimum atomic E-state index is -2.26. The van der Waals surface area contributed by atoms with Gasteiger partial charge in [-0.15, -0.1) is 0 Å². The Balaban J connectivity index is 3.67. The summed E-state index contributed by atoms with van der Waals surface area (Å²) in [7, 11) is 0. The molecule has 0 heterocycles. The van der Waals surface area contributed by atoms with Crippen LogP contribution < -0.4 is 0 Å². The van der Waals surface area contributed by atoms with Crippen LogP contribution in [0.2, 0.25) is 0 Å². The van der Waals surface area contributed by atoms with E-state index < -0.39 is 11.1 Å². The van der Waals surface area contributed by atoms with E-state index in [1.54, 1.807) is 0 Å². The van der Waals surface area contributed by atoms with Gasteiger partial charge in [0.05, 0.1) is 0 Å². The van der Waals surface area contributed by atoms with Crippen molar-refractivity contribution in [2.75, 3.05) is 0 Å². The average molecular weight is 132 g/mol.